The number of nitrogens with zero attached hydrogens (tertiary/aromatic N) is 3. The van der Waals surface area contributed by atoms with Crippen molar-refractivity contribution >= 4 is 40.9 Å². The second-order valence-corrected chi connectivity index (χ2v) is 8.52. The molecule has 0 saturated carbocycles. The zero-order chi connectivity index (χ0) is 20.9. The van der Waals surface area contributed by atoms with E-state index in [-0.39, 0.29) is 24.3 Å². The van der Waals surface area contributed by atoms with Crippen LogP contribution in [-0.2, 0) is 0 Å². The van der Waals surface area contributed by atoms with Crippen LogP contribution in [0.25, 0.3) is 0 Å². The number of urea groups is 1. The maximum Gasteiger partial charge on any atom is 0.321 e. The van der Waals surface area contributed by atoms with Crippen LogP contribution in [0.3, 0.4) is 0 Å². The number of carbonyl (C=O) groups is 1. The zero-order valence-corrected chi connectivity index (χ0v) is 17.2. The lowest BCUT2D eigenvalue weighted by Crippen LogP contribution is -2.40. The Kier molecular flexibility index (Phi) is 6.75. The van der Waals surface area contributed by atoms with Gasteiger partial charge in [0.05, 0.1) is 11.8 Å². The SMILES string of the molecule is CC(C)(O)CNc1nc(Nc2cccc(NC(=O)N3CCSCC3)c2)ncc1F. The molecule has 2 aromatic rings. The topological polar surface area (TPSA) is 102 Å². The van der Waals surface area contributed by atoms with Gasteiger partial charge >= 0.3 is 6.03 Å². The number of aliphatic hydroxyl groups is 1. The van der Waals surface area contributed by atoms with E-state index in [0.717, 1.165) is 30.8 Å². The quantitative estimate of drug-likeness (QED) is 0.569. The summed E-state index contributed by atoms with van der Waals surface area (Å²) in [6, 6.07) is 7.01. The largest absolute Gasteiger partial charge is 0.389 e. The minimum atomic E-state index is -1.01. The van der Waals surface area contributed by atoms with Crippen LogP contribution in [0.15, 0.2) is 30.5 Å². The van der Waals surface area contributed by atoms with Crippen molar-refractivity contribution in [3.8, 4) is 0 Å². The van der Waals surface area contributed by atoms with Crippen molar-refractivity contribution in [2.24, 2.45) is 0 Å². The molecule has 29 heavy (non-hydrogen) atoms. The summed E-state index contributed by atoms with van der Waals surface area (Å²) < 4.78 is 13.9. The van der Waals surface area contributed by atoms with Gasteiger partial charge in [0.25, 0.3) is 0 Å². The van der Waals surface area contributed by atoms with E-state index in [9.17, 15) is 14.3 Å². The lowest BCUT2D eigenvalue weighted by Gasteiger charge is -2.26. The van der Waals surface area contributed by atoms with Crippen LogP contribution in [0.2, 0.25) is 0 Å². The summed E-state index contributed by atoms with van der Waals surface area (Å²) in [7, 11) is 0. The number of anilines is 4. The molecule has 1 aliphatic rings. The number of halogens is 1. The first kappa shape index (κ1) is 21.1. The fourth-order valence-electron chi connectivity index (χ4n) is 2.62. The van der Waals surface area contributed by atoms with Crippen LogP contribution >= 0.6 is 11.8 Å². The predicted molar refractivity (Wildman–Crippen MR) is 114 cm³/mol. The highest BCUT2D eigenvalue weighted by Gasteiger charge is 2.17. The van der Waals surface area contributed by atoms with Gasteiger partial charge in [0.15, 0.2) is 11.6 Å². The molecule has 1 aromatic carbocycles. The number of hydrogen-bond acceptors (Lipinski definition) is 7. The van der Waals surface area contributed by atoms with Crippen molar-refractivity contribution in [1.82, 2.24) is 14.9 Å². The van der Waals surface area contributed by atoms with Gasteiger partial charge in [0.2, 0.25) is 5.95 Å². The van der Waals surface area contributed by atoms with E-state index in [0.29, 0.717) is 11.4 Å². The first-order valence-electron chi connectivity index (χ1n) is 9.30. The molecule has 0 atom stereocenters. The van der Waals surface area contributed by atoms with Crippen molar-refractivity contribution in [3.63, 3.8) is 0 Å². The Labute approximate surface area is 173 Å². The maximum absolute atomic E-state index is 13.9. The summed E-state index contributed by atoms with van der Waals surface area (Å²) in [5, 5.41) is 18.5. The van der Waals surface area contributed by atoms with Gasteiger partial charge in [-0.1, -0.05) is 6.07 Å². The number of carbonyl (C=O) groups excluding carboxylic acids is 1. The third kappa shape index (κ3) is 6.47. The maximum atomic E-state index is 13.9. The molecule has 1 saturated heterocycles. The number of amides is 2. The molecule has 8 nitrogen and oxygen atoms in total. The molecule has 2 amide bonds. The summed E-state index contributed by atoms with van der Waals surface area (Å²) in [6.45, 7) is 4.83. The Morgan fingerprint density at radius 3 is 2.76 bits per heavy atom. The Balaban J connectivity index is 1.66. The first-order valence-corrected chi connectivity index (χ1v) is 10.5. The fourth-order valence-corrected chi connectivity index (χ4v) is 3.53. The number of thioether (sulfide) groups is 1. The van der Waals surface area contributed by atoms with Crippen LogP contribution in [0.4, 0.5) is 32.3 Å². The summed E-state index contributed by atoms with van der Waals surface area (Å²) in [6.07, 6.45) is 1.06. The average Bonchev–Trinajstić information content (AvgIpc) is 2.69. The lowest BCUT2D eigenvalue weighted by atomic mass is 10.1. The highest BCUT2D eigenvalue weighted by molar-refractivity contribution is 7.99. The minimum absolute atomic E-state index is 0.00273. The van der Waals surface area contributed by atoms with Crippen molar-refractivity contribution in [1.29, 1.82) is 0 Å². The molecular weight excluding hydrogens is 395 g/mol. The molecule has 0 aliphatic carbocycles. The number of nitrogens with one attached hydrogen (secondary N) is 3. The molecular formula is C19H25FN6O2S. The van der Waals surface area contributed by atoms with Crippen LogP contribution in [0.5, 0.6) is 0 Å². The minimum Gasteiger partial charge on any atom is -0.389 e. The van der Waals surface area contributed by atoms with Crippen molar-refractivity contribution in [2.45, 2.75) is 19.4 Å². The van der Waals surface area contributed by atoms with Crippen molar-refractivity contribution in [3.05, 3.63) is 36.3 Å². The van der Waals surface area contributed by atoms with Gasteiger partial charge in [-0.05, 0) is 32.0 Å². The fraction of sp³-hybridized carbons (Fsp3) is 0.421. The van der Waals surface area contributed by atoms with E-state index in [1.54, 1.807) is 43.0 Å². The highest BCUT2D eigenvalue weighted by atomic mass is 32.2. The first-order chi connectivity index (χ1) is 13.8. The van der Waals surface area contributed by atoms with Crippen LogP contribution in [0.1, 0.15) is 13.8 Å². The number of rotatable bonds is 6. The molecule has 0 spiro atoms. The standard InChI is InChI=1S/C19H25FN6O2S/c1-19(2,28)12-22-16-15(20)11-21-17(25-16)23-13-4-3-5-14(10-13)24-18(27)26-6-8-29-9-7-26/h3-5,10-11,28H,6-9,12H2,1-2H3,(H,24,27)(H2,21,22,23,25). The van der Waals surface area contributed by atoms with Gasteiger partial charge in [0.1, 0.15) is 0 Å². The van der Waals surface area contributed by atoms with E-state index in [2.05, 4.69) is 25.9 Å². The smallest absolute Gasteiger partial charge is 0.321 e. The molecule has 156 valence electrons. The van der Waals surface area contributed by atoms with Crippen molar-refractivity contribution < 1.29 is 14.3 Å². The Bertz CT molecular complexity index is 855. The normalized spacial score (nSPS) is 14.4. The van der Waals surface area contributed by atoms with Crippen LogP contribution in [-0.4, -0.2) is 62.7 Å². The summed E-state index contributed by atoms with van der Waals surface area (Å²) >= 11 is 1.84. The Morgan fingerprint density at radius 1 is 1.31 bits per heavy atom. The van der Waals surface area contributed by atoms with Gasteiger partial charge in [-0.2, -0.15) is 16.7 Å². The third-order valence-electron chi connectivity index (χ3n) is 4.10. The molecule has 2 heterocycles. The number of aromatic nitrogens is 2. The second-order valence-electron chi connectivity index (χ2n) is 7.29. The summed E-state index contributed by atoms with van der Waals surface area (Å²) in [5.74, 6) is 1.47. The van der Waals surface area contributed by atoms with Gasteiger partial charge in [-0.25, -0.2) is 14.2 Å². The monoisotopic (exact) mass is 420 g/mol. The van der Waals surface area contributed by atoms with Gasteiger partial charge < -0.3 is 26.0 Å². The van der Waals surface area contributed by atoms with Crippen molar-refractivity contribution in [2.75, 3.05) is 47.1 Å². The molecule has 1 fully saturated rings. The van der Waals surface area contributed by atoms with E-state index < -0.39 is 11.4 Å². The van der Waals surface area contributed by atoms with Crippen LogP contribution in [0, 0.1) is 5.82 Å². The van der Waals surface area contributed by atoms with E-state index in [4.69, 9.17) is 0 Å². The molecule has 0 radical (unpaired) electrons. The van der Waals surface area contributed by atoms with Gasteiger partial charge in [-0.3, -0.25) is 0 Å². The molecule has 0 unspecified atom stereocenters. The zero-order valence-electron chi connectivity index (χ0n) is 16.4. The summed E-state index contributed by atoms with van der Waals surface area (Å²) in [4.78, 5) is 22.2. The molecule has 1 aromatic heterocycles. The predicted octanol–water partition coefficient (Wildman–Crippen LogP) is 3.12. The van der Waals surface area contributed by atoms with E-state index in [1.807, 2.05) is 11.8 Å². The highest BCUT2D eigenvalue weighted by Crippen LogP contribution is 2.21. The third-order valence-corrected chi connectivity index (χ3v) is 5.04. The van der Waals surface area contributed by atoms with E-state index in [1.165, 1.54) is 0 Å². The van der Waals surface area contributed by atoms with Crippen LogP contribution < -0.4 is 16.0 Å². The Morgan fingerprint density at radius 2 is 2.03 bits per heavy atom. The second kappa shape index (κ2) is 9.27. The average molecular weight is 421 g/mol. The van der Waals surface area contributed by atoms with E-state index >= 15 is 0 Å². The Hall–Kier alpha value is -2.59. The molecule has 10 heteroatoms. The lowest BCUT2D eigenvalue weighted by molar-refractivity contribution is 0.0943. The molecule has 4 N–H and O–H groups in total. The van der Waals surface area contributed by atoms with Gasteiger partial charge in [-0.15, -0.1) is 0 Å². The number of hydrogen-bond donors (Lipinski definition) is 4. The summed E-state index contributed by atoms with van der Waals surface area (Å²) in [5.41, 5.74) is 0.280. The molecule has 3 rings (SSSR count). The molecule has 1 aliphatic heterocycles. The van der Waals surface area contributed by atoms with Gasteiger partial charge in [0, 0.05) is 42.5 Å². The number of benzene rings is 1. The molecule has 0 bridgehead atoms.